The van der Waals surface area contributed by atoms with Crippen LogP contribution in [0.3, 0.4) is 0 Å². The van der Waals surface area contributed by atoms with Gasteiger partial charge in [-0.15, -0.1) is 0 Å². The molecule has 0 radical (unpaired) electrons. The van der Waals surface area contributed by atoms with Crippen molar-refractivity contribution in [3.63, 3.8) is 0 Å². The average Bonchev–Trinajstić information content (AvgIpc) is 2.83. The van der Waals surface area contributed by atoms with E-state index in [0.29, 0.717) is 5.82 Å². The standard InChI is InChI=1S/C11H10ClN5O2S/c1-17-7-14-11(16-17)6-15-20(18,19)10-4-8(5-13)2-3-9(10)12/h2-4,7,15H,6H2,1H3. The predicted octanol–water partition coefficient (Wildman–Crippen LogP) is 0.819. The van der Waals surface area contributed by atoms with Crippen LogP contribution >= 0.6 is 11.6 Å². The van der Waals surface area contributed by atoms with E-state index in [9.17, 15) is 8.42 Å². The van der Waals surface area contributed by atoms with Crippen molar-refractivity contribution in [2.24, 2.45) is 7.05 Å². The Hall–Kier alpha value is -1.95. The van der Waals surface area contributed by atoms with E-state index in [2.05, 4.69) is 14.8 Å². The maximum absolute atomic E-state index is 12.1. The molecule has 0 saturated carbocycles. The van der Waals surface area contributed by atoms with Gasteiger partial charge in [-0.3, -0.25) is 4.68 Å². The van der Waals surface area contributed by atoms with E-state index < -0.39 is 10.0 Å². The van der Waals surface area contributed by atoms with E-state index in [4.69, 9.17) is 16.9 Å². The molecule has 0 spiro atoms. The third-order valence-corrected chi connectivity index (χ3v) is 4.30. The third kappa shape index (κ3) is 3.14. The number of nitriles is 1. The van der Waals surface area contributed by atoms with Crippen molar-refractivity contribution in [3.05, 3.63) is 40.9 Å². The summed E-state index contributed by atoms with van der Waals surface area (Å²) in [4.78, 5) is 3.76. The van der Waals surface area contributed by atoms with Crippen LogP contribution in [0.2, 0.25) is 5.02 Å². The highest BCUT2D eigenvalue weighted by Crippen LogP contribution is 2.22. The van der Waals surface area contributed by atoms with Crippen LogP contribution in [0, 0.1) is 11.3 Å². The first-order chi connectivity index (χ1) is 9.42. The van der Waals surface area contributed by atoms with Crippen LogP contribution in [0.5, 0.6) is 0 Å². The first kappa shape index (κ1) is 14.5. The molecule has 104 valence electrons. The Balaban J connectivity index is 2.24. The summed E-state index contributed by atoms with van der Waals surface area (Å²) >= 11 is 5.86. The molecule has 2 rings (SSSR count). The number of rotatable bonds is 4. The van der Waals surface area contributed by atoms with Gasteiger partial charge in [0.05, 0.1) is 23.2 Å². The van der Waals surface area contributed by atoms with E-state index in [1.54, 1.807) is 7.05 Å². The summed E-state index contributed by atoms with van der Waals surface area (Å²) in [6.45, 7) is -0.0592. The Morgan fingerprint density at radius 2 is 2.25 bits per heavy atom. The fourth-order valence-corrected chi connectivity index (χ4v) is 2.98. The smallest absolute Gasteiger partial charge is 0.242 e. The molecule has 9 heteroatoms. The van der Waals surface area contributed by atoms with Gasteiger partial charge >= 0.3 is 0 Å². The van der Waals surface area contributed by atoms with E-state index in [1.807, 2.05) is 6.07 Å². The zero-order chi connectivity index (χ0) is 14.8. The molecular weight excluding hydrogens is 302 g/mol. The number of aromatic nitrogens is 3. The SMILES string of the molecule is Cn1cnc(CNS(=O)(=O)c2cc(C#N)ccc2Cl)n1. The van der Waals surface area contributed by atoms with Gasteiger partial charge in [-0.25, -0.2) is 18.1 Å². The van der Waals surface area contributed by atoms with Gasteiger partial charge in [-0.05, 0) is 18.2 Å². The number of benzene rings is 1. The van der Waals surface area contributed by atoms with Gasteiger partial charge in [0, 0.05) is 7.05 Å². The van der Waals surface area contributed by atoms with Crippen molar-refractivity contribution < 1.29 is 8.42 Å². The van der Waals surface area contributed by atoms with Crippen molar-refractivity contribution in [2.75, 3.05) is 0 Å². The van der Waals surface area contributed by atoms with Crippen molar-refractivity contribution >= 4 is 21.6 Å². The Bertz CT molecular complexity index is 778. The molecule has 0 saturated heterocycles. The van der Waals surface area contributed by atoms with Crippen molar-refractivity contribution in [3.8, 4) is 6.07 Å². The second kappa shape index (κ2) is 5.58. The Morgan fingerprint density at radius 1 is 1.50 bits per heavy atom. The molecule has 20 heavy (non-hydrogen) atoms. The maximum atomic E-state index is 12.1. The summed E-state index contributed by atoms with van der Waals surface area (Å²) in [5, 5.41) is 12.8. The summed E-state index contributed by atoms with van der Waals surface area (Å²) in [6.07, 6.45) is 1.47. The van der Waals surface area contributed by atoms with E-state index >= 15 is 0 Å². The lowest BCUT2D eigenvalue weighted by molar-refractivity contribution is 0.578. The highest BCUT2D eigenvalue weighted by molar-refractivity contribution is 7.89. The van der Waals surface area contributed by atoms with Crippen LogP contribution < -0.4 is 4.72 Å². The summed E-state index contributed by atoms with van der Waals surface area (Å²) in [5.74, 6) is 0.337. The second-order valence-electron chi connectivity index (χ2n) is 3.92. The van der Waals surface area contributed by atoms with Gasteiger partial charge in [0.15, 0.2) is 5.82 Å². The fraction of sp³-hybridized carbons (Fsp3) is 0.182. The van der Waals surface area contributed by atoms with Crippen LogP contribution in [0.4, 0.5) is 0 Å². The number of nitrogens with zero attached hydrogens (tertiary/aromatic N) is 4. The molecule has 0 aliphatic rings. The lowest BCUT2D eigenvalue weighted by atomic mass is 10.2. The predicted molar refractivity (Wildman–Crippen MR) is 71.2 cm³/mol. The maximum Gasteiger partial charge on any atom is 0.242 e. The number of nitrogens with one attached hydrogen (secondary N) is 1. The lowest BCUT2D eigenvalue weighted by Gasteiger charge is -2.07. The summed E-state index contributed by atoms with van der Waals surface area (Å²) in [5.41, 5.74) is 0.214. The summed E-state index contributed by atoms with van der Waals surface area (Å²) in [7, 11) is -2.16. The molecule has 1 heterocycles. The Morgan fingerprint density at radius 3 is 2.85 bits per heavy atom. The number of halogens is 1. The molecule has 1 aromatic carbocycles. The van der Waals surface area contributed by atoms with Crippen LogP contribution in [0.25, 0.3) is 0 Å². The minimum atomic E-state index is -3.83. The monoisotopic (exact) mass is 311 g/mol. The lowest BCUT2D eigenvalue weighted by Crippen LogP contribution is -2.24. The van der Waals surface area contributed by atoms with Crippen molar-refractivity contribution in [2.45, 2.75) is 11.4 Å². The van der Waals surface area contributed by atoms with Crippen LogP contribution in [-0.2, 0) is 23.6 Å². The number of hydrogen-bond donors (Lipinski definition) is 1. The molecule has 0 amide bonds. The summed E-state index contributed by atoms with van der Waals surface area (Å²) < 4.78 is 28.1. The van der Waals surface area contributed by atoms with Gasteiger partial charge in [-0.2, -0.15) is 10.4 Å². The van der Waals surface area contributed by atoms with Crippen LogP contribution in [0.1, 0.15) is 11.4 Å². The molecule has 0 aliphatic carbocycles. The van der Waals surface area contributed by atoms with Gasteiger partial charge in [0.2, 0.25) is 10.0 Å². The highest BCUT2D eigenvalue weighted by Gasteiger charge is 2.19. The average molecular weight is 312 g/mol. The quantitative estimate of drug-likeness (QED) is 0.900. The zero-order valence-electron chi connectivity index (χ0n) is 10.4. The first-order valence-electron chi connectivity index (χ1n) is 5.46. The molecule has 0 unspecified atom stereocenters. The van der Waals surface area contributed by atoms with Crippen molar-refractivity contribution in [1.29, 1.82) is 5.26 Å². The topological polar surface area (TPSA) is 101 Å². The minimum absolute atomic E-state index is 0.0467. The third-order valence-electron chi connectivity index (χ3n) is 2.42. The van der Waals surface area contributed by atoms with Gasteiger partial charge in [-0.1, -0.05) is 11.6 Å². The fourth-order valence-electron chi connectivity index (χ4n) is 1.48. The second-order valence-corrected chi connectivity index (χ2v) is 6.06. The van der Waals surface area contributed by atoms with Gasteiger partial charge < -0.3 is 0 Å². The molecule has 0 fully saturated rings. The molecule has 0 bridgehead atoms. The molecule has 1 N–H and O–H groups in total. The number of sulfonamides is 1. The molecular formula is C11H10ClN5O2S. The summed E-state index contributed by atoms with van der Waals surface area (Å²) in [6, 6.07) is 5.90. The van der Waals surface area contributed by atoms with Crippen LogP contribution in [-0.4, -0.2) is 23.2 Å². The van der Waals surface area contributed by atoms with Gasteiger partial charge in [0.25, 0.3) is 0 Å². The number of hydrogen-bond acceptors (Lipinski definition) is 5. The molecule has 1 aromatic heterocycles. The Kier molecular flexibility index (Phi) is 4.04. The molecule has 0 atom stereocenters. The van der Waals surface area contributed by atoms with Crippen molar-refractivity contribution in [1.82, 2.24) is 19.5 Å². The molecule has 7 nitrogen and oxygen atoms in total. The van der Waals surface area contributed by atoms with Gasteiger partial charge in [0.1, 0.15) is 11.2 Å². The van der Waals surface area contributed by atoms with Crippen LogP contribution in [0.15, 0.2) is 29.4 Å². The normalized spacial score (nSPS) is 11.2. The van der Waals surface area contributed by atoms with E-state index in [1.165, 1.54) is 29.2 Å². The minimum Gasteiger partial charge on any atom is -0.256 e. The van der Waals surface area contributed by atoms with E-state index in [0.717, 1.165) is 0 Å². The largest absolute Gasteiger partial charge is 0.256 e. The van der Waals surface area contributed by atoms with E-state index in [-0.39, 0.29) is 22.0 Å². The molecule has 0 aliphatic heterocycles. The first-order valence-corrected chi connectivity index (χ1v) is 7.32. The Labute approximate surface area is 120 Å². The number of aryl methyl sites for hydroxylation is 1. The zero-order valence-corrected chi connectivity index (χ0v) is 12.0. The molecule has 2 aromatic rings. The highest BCUT2D eigenvalue weighted by atomic mass is 35.5.